The number of aliphatic hydroxyl groups is 1. The minimum atomic E-state index is -0.485. The summed E-state index contributed by atoms with van der Waals surface area (Å²) in [5.41, 5.74) is 0.815. The molecule has 1 N–H and O–H groups in total. The quantitative estimate of drug-likeness (QED) is 0.893. The molecule has 0 radical (unpaired) electrons. The van der Waals surface area contributed by atoms with Gasteiger partial charge in [0.2, 0.25) is 0 Å². The highest BCUT2D eigenvalue weighted by Gasteiger charge is 2.31. The number of carbonyl (C=O) groups is 1. The number of hydrogen-bond donors (Lipinski definition) is 1. The summed E-state index contributed by atoms with van der Waals surface area (Å²) in [7, 11) is 1.64. The maximum absolute atomic E-state index is 14.4. The summed E-state index contributed by atoms with van der Waals surface area (Å²) in [6.07, 6.45) is 1.56. The number of likely N-dealkylation sites (N-methyl/N-ethyl adjacent to an activating group) is 1. The van der Waals surface area contributed by atoms with E-state index in [0.717, 1.165) is 12.8 Å². The largest absolute Gasteiger partial charge is 0.391 e. The van der Waals surface area contributed by atoms with Gasteiger partial charge in [-0.1, -0.05) is 0 Å². The third-order valence-electron chi connectivity index (χ3n) is 4.52. The van der Waals surface area contributed by atoms with Gasteiger partial charge in [-0.25, -0.2) is 4.39 Å². The molecule has 0 spiro atoms. The predicted octanol–water partition coefficient (Wildman–Crippen LogP) is 1.51. The Morgan fingerprint density at radius 2 is 2.13 bits per heavy atom. The number of benzene rings is 1. The molecule has 1 saturated carbocycles. The fourth-order valence-corrected chi connectivity index (χ4v) is 2.91. The van der Waals surface area contributed by atoms with Crippen LogP contribution in [0.4, 0.5) is 10.1 Å². The topological polar surface area (TPSA) is 53.0 Å². The summed E-state index contributed by atoms with van der Waals surface area (Å²) >= 11 is 0. The van der Waals surface area contributed by atoms with Gasteiger partial charge in [-0.2, -0.15) is 0 Å². The third kappa shape index (κ3) is 3.82. The molecule has 1 amide bonds. The molecule has 1 aliphatic carbocycles. The van der Waals surface area contributed by atoms with Crippen molar-refractivity contribution in [1.82, 2.24) is 4.90 Å². The van der Waals surface area contributed by atoms with Crippen molar-refractivity contribution in [2.24, 2.45) is 5.92 Å². The summed E-state index contributed by atoms with van der Waals surface area (Å²) in [5, 5.41) is 9.94. The van der Waals surface area contributed by atoms with Crippen molar-refractivity contribution >= 4 is 11.6 Å². The summed E-state index contributed by atoms with van der Waals surface area (Å²) in [5.74, 6) is -0.350. The fraction of sp³-hybridized carbons (Fsp3) is 0.588. The van der Waals surface area contributed by atoms with Crippen LogP contribution >= 0.6 is 0 Å². The van der Waals surface area contributed by atoms with Crippen molar-refractivity contribution in [3.63, 3.8) is 0 Å². The Morgan fingerprint density at radius 3 is 2.74 bits per heavy atom. The normalized spacial score (nSPS) is 19.5. The average molecular weight is 322 g/mol. The van der Waals surface area contributed by atoms with Crippen LogP contribution in [0.3, 0.4) is 0 Å². The second-order valence-electron chi connectivity index (χ2n) is 6.36. The van der Waals surface area contributed by atoms with Crippen molar-refractivity contribution in [1.29, 1.82) is 0 Å². The van der Waals surface area contributed by atoms with Gasteiger partial charge in [0, 0.05) is 32.2 Å². The third-order valence-corrected chi connectivity index (χ3v) is 4.52. The van der Waals surface area contributed by atoms with E-state index in [4.69, 9.17) is 4.74 Å². The molecule has 1 heterocycles. The zero-order chi connectivity index (χ0) is 16.4. The van der Waals surface area contributed by atoms with Crippen molar-refractivity contribution in [3.05, 3.63) is 29.6 Å². The van der Waals surface area contributed by atoms with E-state index in [-0.39, 0.29) is 12.5 Å². The Kier molecular flexibility index (Phi) is 4.82. The number of hydrogen-bond acceptors (Lipinski definition) is 4. The number of morpholine rings is 1. The lowest BCUT2D eigenvalue weighted by Gasteiger charge is -2.29. The average Bonchev–Trinajstić information content (AvgIpc) is 3.39. The number of anilines is 1. The Balaban J connectivity index is 1.67. The molecule has 6 heteroatoms. The highest BCUT2D eigenvalue weighted by molar-refractivity contribution is 5.94. The Bertz CT molecular complexity index is 571. The van der Waals surface area contributed by atoms with Crippen LogP contribution in [-0.2, 0) is 4.74 Å². The van der Waals surface area contributed by atoms with Gasteiger partial charge < -0.3 is 19.6 Å². The highest BCUT2D eigenvalue weighted by atomic mass is 19.1. The smallest absolute Gasteiger partial charge is 0.253 e. The number of halogens is 1. The number of ether oxygens (including phenoxy) is 1. The Labute approximate surface area is 135 Å². The molecular formula is C17H23FN2O3. The molecule has 1 aliphatic heterocycles. The molecule has 0 bridgehead atoms. The standard InChI is InChI=1S/C17H23FN2O3/c1-19(11-16(21)12-2-3-12)17(22)13-4-5-15(14(18)10-13)20-6-8-23-9-7-20/h4-5,10,12,16,21H,2-3,6-9,11H2,1H3. The molecule has 3 rings (SSSR count). The SMILES string of the molecule is CN(CC(O)C1CC1)C(=O)c1ccc(N2CCOCC2)c(F)c1. The van der Waals surface area contributed by atoms with Crippen LogP contribution in [-0.4, -0.2) is 61.9 Å². The minimum Gasteiger partial charge on any atom is -0.391 e. The first-order valence-electron chi connectivity index (χ1n) is 8.12. The summed E-state index contributed by atoms with van der Waals surface area (Å²) < 4.78 is 19.6. The summed E-state index contributed by atoms with van der Waals surface area (Å²) in [6, 6.07) is 4.59. The van der Waals surface area contributed by atoms with E-state index in [9.17, 15) is 14.3 Å². The number of aliphatic hydroxyl groups excluding tert-OH is 1. The van der Waals surface area contributed by atoms with E-state index in [2.05, 4.69) is 0 Å². The first-order chi connectivity index (χ1) is 11.1. The zero-order valence-electron chi connectivity index (χ0n) is 13.4. The molecule has 1 saturated heterocycles. The fourth-order valence-electron chi connectivity index (χ4n) is 2.91. The Hall–Kier alpha value is -1.66. The van der Waals surface area contributed by atoms with Crippen LogP contribution in [0.5, 0.6) is 0 Å². The molecule has 23 heavy (non-hydrogen) atoms. The number of rotatable bonds is 5. The van der Waals surface area contributed by atoms with Gasteiger partial charge in [-0.05, 0) is 37.0 Å². The van der Waals surface area contributed by atoms with Crippen molar-refractivity contribution in [3.8, 4) is 0 Å². The lowest BCUT2D eigenvalue weighted by Crippen LogP contribution is -2.37. The molecule has 126 valence electrons. The molecule has 1 aromatic carbocycles. The summed E-state index contributed by atoms with van der Waals surface area (Å²) in [4.78, 5) is 15.8. The van der Waals surface area contributed by atoms with Crippen molar-refractivity contribution in [2.45, 2.75) is 18.9 Å². The van der Waals surface area contributed by atoms with Crippen LogP contribution in [0.1, 0.15) is 23.2 Å². The lowest BCUT2D eigenvalue weighted by molar-refractivity contribution is 0.0645. The summed E-state index contributed by atoms with van der Waals surface area (Å²) in [6.45, 7) is 2.76. The maximum atomic E-state index is 14.4. The van der Waals surface area contributed by atoms with Gasteiger partial charge in [0.1, 0.15) is 5.82 Å². The molecular weight excluding hydrogens is 299 g/mol. The van der Waals surface area contributed by atoms with Crippen LogP contribution < -0.4 is 4.90 Å². The highest BCUT2D eigenvalue weighted by Crippen LogP contribution is 2.33. The van der Waals surface area contributed by atoms with E-state index in [1.807, 2.05) is 4.90 Å². The molecule has 2 fully saturated rings. The van der Waals surface area contributed by atoms with Crippen molar-refractivity contribution < 1.29 is 19.0 Å². The number of nitrogens with zero attached hydrogens (tertiary/aromatic N) is 2. The van der Waals surface area contributed by atoms with Gasteiger partial charge in [-0.3, -0.25) is 4.79 Å². The molecule has 1 atom stereocenters. The van der Waals surface area contributed by atoms with Gasteiger partial charge in [0.05, 0.1) is 25.0 Å². The predicted molar refractivity (Wildman–Crippen MR) is 85.1 cm³/mol. The van der Waals surface area contributed by atoms with Crippen molar-refractivity contribution in [2.75, 3.05) is 44.8 Å². The minimum absolute atomic E-state index is 0.267. The van der Waals surface area contributed by atoms with Crippen LogP contribution in [0, 0.1) is 11.7 Å². The molecule has 1 aromatic rings. The van der Waals surface area contributed by atoms with Gasteiger partial charge >= 0.3 is 0 Å². The molecule has 1 unspecified atom stereocenters. The number of carbonyl (C=O) groups excluding carboxylic acids is 1. The van der Waals surface area contributed by atoms with Crippen LogP contribution in [0.15, 0.2) is 18.2 Å². The van der Waals surface area contributed by atoms with Crippen LogP contribution in [0.2, 0.25) is 0 Å². The van der Waals surface area contributed by atoms with Gasteiger partial charge in [-0.15, -0.1) is 0 Å². The monoisotopic (exact) mass is 322 g/mol. The van der Waals surface area contributed by atoms with E-state index in [1.54, 1.807) is 19.2 Å². The van der Waals surface area contributed by atoms with E-state index >= 15 is 0 Å². The van der Waals surface area contributed by atoms with Crippen LogP contribution in [0.25, 0.3) is 0 Å². The number of amides is 1. The molecule has 0 aromatic heterocycles. The van der Waals surface area contributed by atoms with Gasteiger partial charge in [0.25, 0.3) is 5.91 Å². The van der Waals surface area contributed by atoms with E-state index in [1.165, 1.54) is 11.0 Å². The maximum Gasteiger partial charge on any atom is 0.253 e. The first kappa shape index (κ1) is 16.2. The zero-order valence-corrected chi connectivity index (χ0v) is 13.4. The molecule has 5 nitrogen and oxygen atoms in total. The van der Waals surface area contributed by atoms with E-state index < -0.39 is 11.9 Å². The van der Waals surface area contributed by atoms with E-state index in [0.29, 0.717) is 43.5 Å². The van der Waals surface area contributed by atoms with Gasteiger partial charge in [0.15, 0.2) is 0 Å². The Morgan fingerprint density at radius 1 is 1.43 bits per heavy atom. The molecule has 2 aliphatic rings. The lowest BCUT2D eigenvalue weighted by atomic mass is 10.1. The first-order valence-corrected chi connectivity index (χ1v) is 8.12. The second kappa shape index (κ2) is 6.84. The second-order valence-corrected chi connectivity index (χ2v) is 6.36.